The van der Waals surface area contributed by atoms with Gasteiger partial charge in [0.1, 0.15) is 0 Å². The van der Waals surface area contributed by atoms with E-state index in [0.717, 1.165) is 12.2 Å². The van der Waals surface area contributed by atoms with Crippen LogP contribution in [0.3, 0.4) is 0 Å². The summed E-state index contributed by atoms with van der Waals surface area (Å²) in [4.78, 5) is 0. The lowest BCUT2D eigenvalue weighted by Crippen LogP contribution is -2.47. The molecule has 1 aliphatic carbocycles. The van der Waals surface area contributed by atoms with E-state index in [1.807, 2.05) is 11.7 Å². The van der Waals surface area contributed by atoms with Gasteiger partial charge in [-0.3, -0.25) is 4.68 Å². The Morgan fingerprint density at radius 1 is 1.40 bits per heavy atom. The van der Waals surface area contributed by atoms with E-state index in [1.165, 1.54) is 30.5 Å². The summed E-state index contributed by atoms with van der Waals surface area (Å²) in [6.45, 7) is 7.51. The van der Waals surface area contributed by atoms with E-state index in [0.29, 0.717) is 5.54 Å². The SMILES string of the molecule is Cc1nn(C)c(C)c1CNC1(C)CCC1. The Balaban J connectivity index is 2.04. The van der Waals surface area contributed by atoms with Gasteiger partial charge < -0.3 is 5.32 Å². The summed E-state index contributed by atoms with van der Waals surface area (Å²) in [5.74, 6) is 0. The number of nitrogens with one attached hydrogen (secondary N) is 1. The molecule has 0 bridgehead atoms. The molecule has 1 saturated carbocycles. The van der Waals surface area contributed by atoms with E-state index in [1.54, 1.807) is 0 Å². The molecule has 0 spiro atoms. The summed E-state index contributed by atoms with van der Waals surface area (Å²) in [6.07, 6.45) is 3.99. The van der Waals surface area contributed by atoms with Crippen molar-refractivity contribution in [3.8, 4) is 0 Å². The number of aromatic nitrogens is 2. The van der Waals surface area contributed by atoms with Crippen molar-refractivity contribution in [2.24, 2.45) is 7.05 Å². The van der Waals surface area contributed by atoms with Gasteiger partial charge in [0.05, 0.1) is 5.69 Å². The smallest absolute Gasteiger partial charge is 0.0641 e. The van der Waals surface area contributed by atoms with Crippen LogP contribution in [0.15, 0.2) is 0 Å². The molecule has 0 atom stereocenters. The Kier molecular flexibility index (Phi) is 2.59. The van der Waals surface area contributed by atoms with Crippen LogP contribution in [-0.2, 0) is 13.6 Å². The van der Waals surface area contributed by atoms with E-state index < -0.39 is 0 Å². The average molecular weight is 207 g/mol. The van der Waals surface area contributed by atoms with Crippen molar-refractivity contribution in [1.82, 2.24) is 15.1 Å². The maximum atomic E-state index is 4.43. The fraction of sp³-hybridized carbons (Fsp3) is 0.750. The summed E-state index contributed by atoms with van der Waals surface area (Å²) in [7, 11) is 2.01. The highest BCUT2D eigenvalue weighted by molar-refractivity contribution is 5.24. The van der Waals surface area contributed by atoms with Gasteiger partial charge in [-0.25, -0.2) is 0 Å². The van der Waals surface area contributed by atoms with Crippen LogP contribution < -0.4 is 5.32 Å². The summed E-state index contributed by atoms with van der Waals surface area (Å²) in [5, 5.41) is 8.09. The van der Waals surface area contributed by atoms with Crippen molar-refractivity contribution in [2.75, 3.05) is 0 Å². The van der Waals surface area contributed by atoms with Crippen molar-refractivity contribution in [3.05, 3.63) is 17.0 Å². The lowest BCUT2D eigenvalue weighted by atomic mass is 9.78. The van der Waals surface area contributed by atoms with Gasteiger partial charge in [-0.1, -0.05) is 0 Å². The van der Waals surface area contributed by atoms with E-state index in [4.69, 9.17) is 0 Å². The summed E-state index contributed by atoms with van der Waals surface area (Å²) in [5.41, 5.74) is 4.19. The van der Waals surface area contributed by atoms with E-state index >= 15 is 0 Å². The molecular weight excluding hydrogens is 186 g/mol. The van der Waals surface area contributed by atoms with Crippen molar-refractivity contribution in [3.63, 3.8) is 0 Å². The third kappa shape index (κ3) is 1.93. The molecule has 1 fully saturated rings. The first-order valence-corrected chi connectivity index (χ1v) is 5.76. The molecule has 0 unspecified atom stereocenters. The monoisotopic (exact) mass is 207 g/mol. The first-order chi connectivity index (χ1) is 7.02. The van der Waals surface area contributed by atoms with Gasteiger partial charge in [0, 0.05) is 30.4 Å². The highest BCUT2D eigenvalue weighted by atomic mass is 15.3. The van der Waals surface area contributed by atoms with Crippen LogP contribution in [0.25, 0.3) is 0 Å². The molecule has 0 aliphatic heterocycles. The molecule has 1 aromatic heterocycles. The Labute approximate surface area is 91.9 Å². The molecule has 0 radical (unpaired) electrons. The number of aryl methyl sites for hydroxylation is 2. The molecule has 84 valence electrons. The maximum Gasteiger partial charge on any atom is 0.0641 e. The minimum Gasteiger partial charge on any atom is -0.307 e. The normalized spacial score (nSPS) is 18.9. The first-order valence-electron chi connectivity index (χ1n) is 5.76. The summed E-state index contributed by atoms with van der Waals surface area (Å²) < 4.78 is 1.97. The first kappa shape index (κ1) is 10.7. The highest BCUT2D eigenvalue weighted by Crippen LogP contribution is 2.31. The molecule has 2 rings (SSSR count). The zero-order chi connectivity index (χ0) is 11.1. The molecule has 1 aromatic rings. The number of nitrogens with zero attached hydrogens (tertiary/aromatic N) is 2. The summed E-state index contributed by atoms with van der Waals surface area (Å²) in [6, 6.07) is 0. The Hall–Kier alpha value is -0.830. The molecular formula is C12H21N3. The molecule has 1 aliphatic rings. The van der Waals surface area contributed by atoms with E-state index in [2.05, 4.69) is 31.2 Å². The van der Waals surface area contributed by atoms with Crippen molar-refractivity contribution >= 4 is 0 Å². The van der Waals surface area contributed by atoms with Gasteiger partial charge in [0.15, 0.2) is 0 Å². The van der Waals surface area contributed by atoms with Crippen LogP contribution in [0.4, 0.5) is 0 Å². The van der Waals surface area contributed by atoms with Gasteiger partial charge in [-0.05, 0) is 40.0 Å². The second kappa shape index (κ2) is 3.63. The van der Waals surface area contributed by atoms with Crippen LogP contribution >= 0.6 is 0 Å². The van der Waals surface area contributed by atoms with Crippen LogP contribution in [0.1, 0.15) is 43.1 Å². The zero-order valence-corrected chi connectivity index (χ0v) is 10.2. The van der Waals surface area contributed by atoms with E-state index in [9.17, 15) is 0 Å². The van der Waals surface area contributed by atoms with Gasteiger partial charge in [-0.2, -0.15) is 5.10 Å². The van der Waals surface area contributed by atoms with Gasteiger partial charge in [0.2, 0.25) is 0 Å². The lowest BCUT2D eigenvalue weighted by Gasteiger charge is -2.39. The minimum atomic E-state index is 0.384. The lowest BCUT2D eigenvalue weighted by molar-refractivity contribution is 0.206. The van der Waals surface area contributed by atoms with Crippen molar-refractivity contribution in [1.29, 1.82) is 0 Å². The molecule has 0 saturated heterocycles. The summed E-state index contributed by atoms with van der Waals surface area (Å²) >= 11 is 0. The number of hydrogen-bond acceptors (Lipinski definition) is 2. The fourth-order valence-corrected chi connectivity index (χ4v) is 2.26. The predicted molar refractivity (Wildman–Crippen MR) is 61.8 cm³/mol. The Morgan fingerprint density at radius 3 is 2.47 bits per heavy atom. The Morgan fingerprint density at radius 2 is 2.07 bits per heavy atom. The fourth-order valence-electron chi connectivity index (χ4n) is 2.26. The Bertz CT molecular complexity index is 361. The predicted octanol–water partition coefficient (Wildman–Crippen LogP) is 2.07. The minimum absolute atomic E-state index is 0.384. The average Bonchev–Trinajstić information content (AvgIpc) is 2.36. The molecule has 3 heteroatoms. The highest BCUT2D eigenvalue weighted by Gasteiger charge is 2.31. The zero-order valence-electron chi connectivity index (χ0n) is 10.2. The molecule has 1 N–H and O–H groups in total. The molecule has 0 aromatic carbocycles. The van der Waals surface area contributed by atoms with Crippen LogP contribution in [0.2, 0.25) is 0 Å². The topological polar surface area (TPSA) is 29.9 Å². The molecule has 0 amide bonds. The third-order valence-electron chi connectivity index (χ3n) is 3.81. The van der Waals surface area contributed by atoms with Crippen molar-refractivity contribution in [2.45, 2.75) is 52.1 Å². The second-order valence-electron chi connectivity index (χ2n) is 5.04. The standard InChI is InChI=1S/C12H21N3/c1-9-11(10(2)15(4)14-9)8-13-12(3)6-5-7-12/h13H,5-8H2,1-4H3. The van der Waals surface area contributed by atoms with E-state index in [-0.39, 0.29) is 0 Å². The largest absolute Gasteiger partial charge is 0.307 e. The van der Waals surface area contributed by atoms with Crippen molar-refractivity contribution < 1.29 is 0 Å². The van der Waals surface area contributed by atoms with Crippen LogP contribution in [0.5, 0.6) is 0 Å². The second-order valence-corrected chi connectivity index (χ2v) is 5.04. The van der Waals surface area contributed by atoms with Crippen LogP contribution in [-0.4, -0.2) is 15.3 Å². The van der Waals surface area contributed by atoms with Gasteiger partial charge >= 0.3 is 0 Å². The van der Waals surface area contributed by atoms with Gasteiger partial charge in [-0.15, -0.1) is 0 Å². The van der Waals surface area contributed by atoms with Crippen LogP contribution in [0, 0.1) is 13.8 Å². The quantitative estimate of drug-likeness (QED) is 0.822. The molecule has 15 heavy (non-hydrogen) atoms. The number of hydrogen-bond donors (Lipinski definition) is 1. The maximum absolute atomic E-state index is 4.43. The van der Waals surface area contributed by atoms with Gasteiger partial charge in [0.25, 0.3) is 0 Å². The molecule has 3 nitrogen and oxygen atoms in total. The number of rotatable bonds is 3. The molecule has 1 heterocycles. The third-order valence-corrected chi connectivity index (χ3v) is 3.81.